The van der Waals surface area contributed by atoms with E-state index in [1.54, 1.807) is 0 Å². The smallest absolute Gasteiger partial charge is 0.465 e. The zero-order valence-corrected chi connectivity index (χ0v) is 8.92. The van der Waals surface area contributed by atoms with Crippen molar-refractivity contribution in [1.82, 2.24) is 5.32 Å². The number of amides is 1. The van der Waals surface area contributed by atoms with Gasteiger partial charge in [-0.2, -0.15) is 0 Å². The van der Waals surface area contributed by atoms with Gasteiger partial charge in [-0.1, -0.05) is 4.39 Å². The molecule has 0 aliphatic carbocycles. The molecule has 0 heterocycles. The van der Waals surface area contributed by atoms with Crippen LogP contribution >= 0.6 is 0 Å². The number of rotatable bonds is 8. The van der Waals surface area contributed by atoms with E-state index in [0.717, 1.165) is 0 Å². The molecule has 1 amide bonds. The maximum Gasteiger partial charge on any atom is 0.634 e. The van der Waals surface area contributed by atoms with Crippen molar-refractivity contribution >= 4 is 6.09 Å². The molecule has 19 heavy (non-hydrogen) atoms. The summed E-state index contributed by atoms with van der Waals surface area (Å²) in [5.74, 6) is -4.36. The molecule has 14 heteroatoms. The summed E-state index contributed by atoms with van der Waals surface area (Å²) in [6.07, 6.45) is -2.97. The van der Waals surface area contributed by atoms with E-state index in [4.69, 9.17) is 5.11 Å². The van der Waals surface area contributed by atoms with Gasteiger partial charge in [0.2, 0.25) is 6.04 Å². The molecular weight excluding hydrogens is 279 g/mol. The molecule has 1 atom stereocenters. The van der Waals surface area contributed by atoms with Gasteiger partial charge in [-0.15, -0.1) is 10.1 Å². The van der Waals surface area contributed by atoms with Crippen LogP contribution in [0.3, 0.4) is 0 Å². The SMILES string of the molecule is O=C(O)NC(CCO[N+](=O)[O-])C(F)([N+](=O)[O-])[N+](=O)[O-]. The molecule has 0 saturated heterocycles. The molecule has 0 aromatic heterocycles. The molecule has 0 bridgehead atoms. The third-order valence-corrected chi connectivity index (χ3v) is 1.86. The summed E-state index contributed by atoms with van der Waals surface area (Å²) in [5, 5.41) is 38.7. The minimum absolute atomic E-state index is 0.967. The van der Waals surface area contributed by atoms with Gasteiger partial charge in [-0.3, -0.25) is 20.2 Å². The first-order chi connectivity index (χ1) is 8.62. The zero-order valence-electron chi connectivity index (χ0n) is 8.92. The molecule has 13 nitrogen and oxygen atoms in total. The van der Waals surface area contributed by atoms with E-state index >= 15 is 0 Å². The summed E-state index contributed by atoms with van der Waals surface area (Å²) in [6, 6.07) is -2.46. The van der Waals surface area contributed by atoms with E-state index in [1.807, 2.05) is 0 Å². The fourth-order valence-electron chi connectivity index (χ4n) is 1.06. The second-order valence-electron chi connectivity index (χ2n) is 3.00. The second-order valence-corrected chi connectivity index (χ2v) is 3.00. The van der Waals surface area contributed by atoms with E-state index in [0.29, 0.717) is 0 Å². The van der Waals surface area contributed by atoms with Crippen LogP contribution in [0, 0.1) is 30.3 Å². The topological polar surface area (TPSA) is 188 Å². The Balaban J connectivity index is 5.08. The summed E-state index contributed by atoms with van der Waals surface area (Å²) >= 11 is 0. The highest BCUT2D eigenvalue weighted by Gasteiger charge is 2.65. The minimum Gasteiger partial charge on any atom is -0.465 e. The Bertz CT molecular complexity index is 386. The summed E-state index contributed by atoms with van der Waals surface area (Å²) in [6.45, 7) is -0.967. The molecule has 1 unspecified atom stereocenters. The monoisotopic (exact) mass is 286 g/mol. The molecule has 2 N–H and O–H groups in total. The average molecular weight is 286 g/mol. The van der Waals surface area contributed by atoms with E-state index in [2.05, 4.69) is 4.84 Å². The Morgan fingerprint density at radius 2 is 1.79 bits per heavy atom. The van der Waals surface area contributed by atoms with Gasteiger partial charge in [-0.25, -0.2) is 4.79 Å². The van der Waals surface area contributed by atoms with Gasteiger partial charge in [0.1, 0.15) is 9.85 Å². The van der Waals surface area contributed by atoms with Crippen molar-refractivity contribution in [3.8, 4) is 0 Å². The van der Waals surface area contributed by atoms with Crippen molar-refractivity contribution in [2.24, 2.45) is 0 Å². The third-order valence-electron chi connectivity index (χ3n) is 1.86. The molecular formula is C5H7FN4O9. The number of hydrogen-bond acceptors (Lipinski definition) is 8. The molecule has 108 valence electrons. The zero-order chi connectivity index (χ0) is 15.2. The minimum atomic E-state index is -4.36. The van der Waals surface area contributed by atoms with Crippen LogP contribution < -0.4 is 5.32 Å². The van der Waals surface area contributed by atoms with Gasteiger partial charge >= 0.3 is 12.0 Å². The molecule has 0 saturated carbocycles. The Morgan fingerprint density at radius 1 is 1.32 bits per heavy atom. The van der Waals surface area contributed by atoms with E-state index in [1.165, 1.54) is 5.32 Å². The standard InChI is InChI=1S/C5H7FN4O9/c6-5(8(13)14,9(15)16)3(7-4(11)12)1-2-19-10(17)18/h3,7H,1-2H2,(H,11,12). The molecule has 0 rings (SSSR count). The fourth-order valence-corrected chi connectivity index (χ4v) is 1.06. The van der Waals surface area contributed by atoms with Crippen molar-refractivity contribution in [2.45, 2.75) is 18.4 Å². The summed E-state index contributed by atoms with van der Waals surface area (Å²) < 4.78 is 13.6. The lowest BCUT2D eigenvalue weighted by Gasteiger charge is -2.18. The summed E-state index contributed by atoms with van der Waals surface area (Å²) in [5.41, 5.74) is 0. The number of alkyl halides is 1. The predicted molar refractivity (Wildman–Crippen MR) is 50.3 cm³/mol. The lowest BCUT2D eigenvalue weighted by Crippen LogP contribution is -2.59. The second kappa shape index (κ2) is 6.22. The van der Waals surface area contributed by atoms with Crippen LogP contribution in [0.4, 0.5) is 9.18 Å². The number of halogens is 1. The van der Waals surface area contributed by atoms with Crippen LogP contribution in [0.2, 0.25) is 0 Å². The van der Waals surface area contributed by atoms with E-state index in [-0.39, 0.29) is 0 Å². The molecule has 0 aromatic rings. The maximum absolute atomic E-state index is 13.6. The van der Waals surface area contributed by atoms with E-state index in [9.17, 15) is 39.5 Å². The fraction of sp³-hybridized carbons (Fsp3) is 0.800. The first kappa shape index (κ1) is 16.2. The summed E-state index contributed by atoms with van der Waals surface area (Å²) in [4.78, 5) is 40.6. The lowest BCUT2D eigenvalue weighted by molar-refractivity contribution is -0.835. The predicted octanol–water partition coefficient (Wildman–Crippen LogP) is -0.602. The molecule has 0 radical (unpaired) electrons. The maximum atomic E-state index is 13.6. The van der Waals surface area contributed by atoms with Gasteiger partial charge in [0.15, 0.2) is 0 Å². The van der Waals surface area contributed by atoms with Gasteiger partial charge < -0.3 is 15.3 Å². The number of hydrogen-bond donors (Lipinski definition) is 2. The normalized spacial score (nSPS) is 12.3. The van der Waals surface area contributed by atoms with Crippen molar-refractivity contribution in [1.29, 1.82) is 0 Å². The van der Waals surface area contributed by atoms with Gasteiger partial charge in [0, 0.05) is 6.42 Å². The highest BCUT2D eigenvalue weighted by Crippen LogP contribution is 2.21. The number of carboxylic acid groups (broad SMARTS) is 1. The number of nitro groups is 2. The van der Waals surface area contributed by atoms with Crippen molar-refractivity contribution in [3.63, 3.8) is 0 Å². The lowest BCUT2D eigenvalue weighted by atomic mass is 10.1. The molecule has 0 spiro atoms. The number of nitrogens with one attached hydrogen (secondary N) is 1. The molecule has 0 aliphatic heterocycles. The van der Waals surface area contributed by atoms with Crippen molar-refractivity contribution in [3.05, 3.63) is 30.3 Å². The van der Waals surface area contributed by atoms with Gasteiger partial charge in [-0.05, 0) is 0 Å². The van der Waals surface area contributed by atoms with E-state index < -0.39 is 46.0 Å². The van der Waals surface area contributed by atoms with Crippen LogP contribution in [0.5, 0.6) is 0 Å². The molecule has 0 aliphatic rings. The number of nitrogens with zero attached hydrogens (tertiary/aromatic N) is 3. The highest BCUT2D eigenvalue weighted by atomic mass is 19.2. The molecule has 0 fully saturated rings. The largest absolute Gasteiger partial charge is 0.634 e. The first-order valence-electron chi connectivity index (χ1n) is 4.37. The Labute approximate surface area is 102 Å². The number of carbonyl (C=O) groups is 1. The van der Waals surface area contributed by atoms with Crippen LogP contribution in [0.1, 0.15) is 6.42 Å². The Hall–Kier alpha value is -2.80. The molecule has 0 aromatic carbocycles. The van der Waals surface area contributed by atoms with Gasteiger partial charge in [0.05, 0.1) is 6.61 Å². The quantitative estimate of drug-likeness (QED) is 0.254. The van der Waals surface area contributed by atoms with Gasteiger partial charge in [0.25, 0.3) is 5.09 Å². The summed E-state index contributed by atoms with van der Waals surface area (Å²) in [7, 11) is 0. The van der Waals surface area contributed by atoms with Crippen LogP contribution in [-0.4, -0.2) is 44.7 Å². The van der Waals surface area contributed by atoms with Crippen LogP contribution in [0.15, 0.2) is 0 Å². The van der Waals surface area contributed by atoms with Crippen LogP contribution in [-0.2, 0) is 4.84 Å². The van der Waals surface area contributed by atoms with Crippen LogP contribution in [0.25, 0.3) is 0 Å². The van der Waals surface area contributed by atoms with Crippen molar-refractivity contribution < 1.29 is 34.1 Å². The van der Waals surface area contributed by atoms with Crippen molar-refractivity contribution in [2.75, 3.05) is 6.61 Å². The first-order valence-corrected chi connectivity index (χ1v) is 4.37. The third kappa shape index (κ3) is 4.17. The highest BCUT2D eigenvalue weighted by molar-refractivity contribution is 5.64. The average Bonchev–Trinajstić information content (AvgIpc) is 2.24. The Kier molecular flexibility index (Phi) is 5.30. The Morgan fingerprint density at radius 3 is 2.11 bits per heavy atom.